The Hall–Kier alpha value is -5.76. The molecule has 9 aromatic rings. The highest BCUT2D eigenvalue weighted by atomic mass is 28.2. The molecule has 0 amide bonds. The maximum absolute atomic E-state index is 2.61. The number of unbranched alkanes of at least 4 members (excludes halogenated alkanes) is 1. The third-order valence-electron chi connectivity index (χ3n) is 14.0. The van der Waals surface area contributed by atoms with Crippen LogP contribution >= 0.6 is 0 Å². The average molecular weight is 821 g/mol. The Kier molecular flexibility index (Phi) is 11.5. The van der Waals surface area contributed by atoms with Crippen molar-refractivity contribution in [1.29, 1.82) is 0 Å². The van der Waals surface area contributed by atoms with E-state index in [1.807, 2.05) is 0 Å². The Labute approximate surface area is 372 Å². The predicted molar refractivity (Wildman–Crippen MR) is 273 cm³/mol. The SMILES string of the molecule is CCCCc1c(-c2ccc(-c3c4ccccc4c(-c4ccc5ccccc5c4)c4cc(C(CC)(CC)[Si]C(C)(C)c5ccc(C(C)C)cc5)ccc34)cc2)ccc2ccccc12. The van der Waals surface area contributed by atoms with Gasteiger partial charge in [-0.15, -0.1) is 0 Å². The van der Waals surface area contributed by atoms with E-state index in [-0.39, 0.29) is 10.1 Å². The number of rotatable bonds is 13. The fraction of sp³-hybridized carbons (Fsp3) is 0.246. The van der Waals surface area contributed by atoms with Gasteiger partial charge in [-0.05, 0) is 146 Å². The maximum Gasteiger partial charge on any atom is 0.0644 e. The molecule has 0 fully saturated rings. The van der Waals surface area contributed by atoms with Gasteiger partial charge in [-0.2, -0.15) is 0 Å². The van der Waals surface area contributed by atoms with Crippen molar-refractivity contribution >= 4 is 52.6 Å². The Bertz CT molecular complexity index is 3030. The molecule has 0 heterocycles. The van der Waals surface area contributed by atoms with E-state index < -0.39 is 0 Å². The zero-order chi connectivity index (χ0) is 43.0. The summed E-state index contributed by atoms with van der Waals surface area (Å²) in [5.41, 5.74) is 13.6. The first-order valence-corrected chi connectivity index (χ1v) is 24.1. The molecular weight excluding hydrogens is 761 g/mol. The fourth-order valence-electron chi connectivity index (χ4n) is 10.4. The molecule has 0 saturated heterocycles. The third-order valence-corrected chi connectivity index (χ3v) is 16.4. The van der Waals surface area contributed by atoms with Crippen LogP contribution in [0.4, 0.5) is 0 Å². The van der Waals surface area contributed by atoms with Gasteiger partial charge in [0.15, 0.2) is 0 Å². The molecule has 62 heavy (non-hydrogen) atoms. The van der Waals surface area contributed by atoms with Crippen molar-refractivity contribution in [2.75, 3.05) is 0 Å². The van der Waals surface area contributed by atoms with Crippen molar-refractivity contribution in [3.63, 3.8) is 0 Å². The van der Waals surface area contributed by atoms with E-state index in [9.17, 15) is 0 Å². The van der Waals surface area contributed by atoms with Crippen LogP contribution in [0, 0.1) is 0 Å². The minimum Gasteiger partial charge on any atom is -0.0654 e. The van der Waals surface area contributed by atoms with Gasteiger partial charge in [0, 0.05) is 0 Å². The van der Waals surface area contributed by atoms with Crippen LogP contribution in [0.3, 0.4) is 0 Å². The first-order chi connectivity index (χ1) is 30.1. The summed E-state index contributed by atoms with van der Waals surface area (Å²) >= 11 is 0. The van der Waals surface area contributed by atoms with Gasteiger partial charge in [0.2, 0.25) is 0 Å². The summed E-state index contributed by atoms with van der Waals surface area (Å²) in [4.78, 5) is 0. The molecule has 0 unspecified atom stereocenters. The van der Waals surface area contributed by atoms with Gasteiger partial charge in [0.05, 0.1) is 9.52 Å². The van der Waals surface area contributed by atoms with Gasteiger partial charge in [-0.25, -0.2) is 0 Å². The Morgan fingerprint density at radius 3 is 1.68 bits per heavy atom. The Morgan fingerprint density at radius 2 is 1.02 bits per heavy atom. The van der Waals surface area contributed by atoms with Crippen molar-refractivity contribution < 1.29 is 0 Å². The van der Waals surface area contributed by atoms with Gasteiger partial charge in [-0.1, -0.05) is 219 Å². The van der Waals surface area contributed by atoms with Crippen molar-refractivity contribution in [3.05, 3.63) is 192 Å². The lowest BCUT2D eigenvalue weighted by atomic mass is 9.82. The molecule has 0 nitrogen and oxygen atoms in total. The lowest BCUT2D eigenvalue weighted by molar-refractivity contribution is 0.531. The first kappa shape index (κ1) is 41.6. The van der Waals surface area contributed by atoms with Crippen LogP contribution in [0.15, 0.2) is 170 Å². The quantitative estimate of drug-likeness (QED) is 0.0803. The highest BCUT2D eigenvalue weighted by molar-refractivity contribution is 6.44. The normalized spacial score (nSPS) is 12.3. The topological polar surface area (TPSA) is 0 Å². The summed E-state index contributed by atoms with van der Waals surface area (Å²) in [6, 6.07) is 65.1. The van der Waals surface area contributed by atoms with Crippen LogP contribution in [-0.2, 0) is 16.5 Å². The minimum atomic E-state index is 0.0232. The van der Waals surface area contributed by atoms with Crippen LogP contribution in [0.25, 0.3) is 76.5 Å². The lowest BCUT2D eigenvalue weighted by Crippen LogP contribution is -2.43. The second-order valence-electron chi connectivity index (χ2n) is 18.4. The largest absolute Gasteiger partial charge is 0.0654 e. The summed E-state index contributed by atoms with van der Waals surface area (Å²) in [5.74, 6) is 0.529. The van der Waals surface area contributed by atoms with E-state index in [1.54, 1.807) is 0 Å². The van der Waals surface area contributed by atoms with E-state index in [0.29, 0.717) is 15.4 Å². The molecule has 0 bridgehead atoms. The number of aryl methyl sites for hydroxylation is 1. The van der Waals surface area contributed by atoms with Crippen molar-refractivity contribution in [3.8, 4) is 33.4 Å². The number of benzene rings is 9. The van der Waals surface area contributed by atoms with E-state index in [2.05, 4.69) is 218 Å². The van der Waals surface area contributed by atoms with E-state index in [4.69, 9.17) is 0 Å². The third kappa shape index (κ3) is 7.60. The monoisotopic (exact) mass is 820 g/mol. The van der Waals surface area contributed by atoms with Crippen LogP contribution in [0.1, 0.15) is 102 Å². The molecule has 9 aromatic carbocycles. The molecule has 2 radical (unpaired) electrons. The molecule has 0 spiro atoms. The average Bonchev–Trinajstić information content (AvgIpc) is 3.31. The van der Waals surface area contributed by atoms with Crippen LogP contribution < -0.4 is 0 Å². The summed E-state index contributed by atoms with van der Waals surface area (Å²) in [6.45, 7) is 16.6. The van der Waals surface area contributed by atoms with Crippen LogP contribution in [0.5, 0.6) is 0 Å². The summed E-state index contributed by atoms with van der Waals surface area (Å²) in [7, 11) is 0.716. The highest BCUT2D eigenvalue weighted by Crippen LogP contribution is 2.47. The molecular formula is C61H60Si. The van der Waals surface area contributed by atoms with Gasteiger partial charge in [-0.3, -0.25) is 0 Å². The van der Waals surface area contributed by atoms with Crippen molar-refractivity contribution in [2.45, 2.75) is 96.6 Å². The molecule has 0 saturated carbocycles. The van der Waals surface area contributed by atoms with Gasteiger partial charge in [0.1, 0.15) is 0 Å². The van der Waals surface area contributed by atoms with Gasteiger partial charge in [0.25, 0.3) is 0 Å². The summed E-state index contributed by atoms with van der Waals surface area (Å²) in [6.07, 6.45) is 5.62. The summed E-state index contributed by atoms with van der Waals surface area (Å²) in [5, 5.41) is 10.5. The second-order valence-corrected chi connectivity index (χ2v) is 20.9. The predicted octanol–water partition coefficient (Wildman–Crippen LogP) is 17.4. The maximum atomic E-state index is 2.61. The molecule has 0 aliphatic rings. The zero-order valence-electron chi connectivity index (χ0n) is 37.8. The lowest BCUT2D eigenvalue weighted by Gasteiger charge is -2.40. The smallest absolute Gasteiger partial charge is 0.0644 e. The standard InChI is InChI=1S/C61H60Si/c1-8-11-21-53-51-22-15-14-19-44(51)33-37-52(53)45-26-28-46(29-27-45)58-54-23-16-17-24-55(54)59(48-30-25-43-18-12-13-20-47(43)39-48)57-40-50(36-38-56(57)58)61(9-2,10-3)62-60(6,7)49-34-31-42(32-35-49)41(4)5/h12-20,22-41H,8-11,21H2,1-7H3. The molecule has 1 heteroatoms. The van der Waals surface area contributed by atoms with Crippen molar-refractivity contribution in [1.82, 2.24) is 0 Å². The molecule has 0 N–H and O–H groups in total. The minimum absolute atomic E-state index is 0.0232. The number of hydrogen-bond donors (Lipinski definition) is 0. The van der Waals surface area contributed by atoms with Crippen LogP contribution in [-0.4, -0.2) is 9.52 Å². The first-order valence-electron chi connectivity index (χ1n) is 23.1. The second kappa shape index (κ2) is 17.2. The number of fused-ring (bicyclic) bond motifs is 4. The molecule has 9 rings (SSSR count). The van der Waals surface area contributed by atoms with Gasteiger partial charge >= 0.3 is 0 Å². The Balaban J connectivity index is 1.24. The summed E-state index contributed by atoms with van der Waals surface area (Å²) < 4.78 is 0. The van der Waals surface area contributed by atoms with E-state index in [1.165, 1.54) is 112 Å². The van der Waals surface area contributed by atoms with Crippen molar-refractivity contribution in [2.24, 2.45) is 0 Å². The highest BCUT2D eigenvalue weighted by Gasteiger charge is 2.38. The Morgan fingerprint density at radius 1 is 0.468 bits per heavy atom. The van der Waals surface area contributed by atoms with E-state index in [0.717, 1.165) is 19.3 Å². The fourth-order valence-corrected chi connectivity index (χ4v) is 12.5. The van der Waals surface area contributed by atoms with Crippen LogP contribution in [0.2, 0.25) is 0 Å². The molecule has 0 aromatic heterocycles. The molecule has 308 valence electrons. The molecule has 0 aliphatic heterocycles. The molecule has 0 aliphatic carbocycles. The van der Waals surface area contributed by atoms with Gasteiger partial charge < -0.3 is 0 Å². The number of hydrogen-bond acceptors (Lipinski definition) is 0. The van der Waals surface area contributed by atoms with E-state index >= 15 is 0 Å². The molecule has 0 atom stereocenters. The zero-order valence-corrected chi connectivity index (χ0v) is 38.8.